The van der Waals surface area contributed by atoms with E-state index < -0.39 is 0 Å². The van der Waals surface area contributed by atoms with Gasteiger partial charge >= 0.3 is 0 Å². The molecule has 4 fully saturated rings. The van der Waals surface area contributed by atoms with Crippen LogP contribution in [0.25, 0.3) is 0 Å². The van der Waals surface area contributed by atoms with Crippen LogP contribution in [-0.4, -0.2) is 64.2 Å². The molecular formula is C21H22N4O4. The summed E-state index contributed by atoms with van der Waals surface area (Å²) in [4.78, 5) is 35.9. The molecule has 5 aliphatic rings. The van der Waals surface area contributed by atoms with E-state index in [-0.39, 0.29) is 30.2 Å². The fourth-order valence-corrected chi connectivity index (χ4v) is 5.70. The lowest BCUT2D eigenvalue weighted by atomic mass is 9.75. The number of carbonyl (C=O) groups is 1. The fourth-order valence-electron chi connectivity index (χ4n) is 5.70. The van der Waals surface area contributed by atoms with E-state index in [0.29, 0.717) is 24.2 Å². The van der Waals surface area contributed by atoms with Crippen molar-refractivity contribution in [1.82, 2.24) is 19.8 Å². The minimum atomic E-state index is -0.304. The minimum absolute atomic E-state index is 0.103. The zero-order valence-corrected chi connectivity index (χ0v) is 15.9. The van der Waals surface area contributed by atoms with E-state index in [0.717, 1.165) is 37.4 Å². The Morgan fingerprint density at radius 1 is 1.14 bits per heavy atom. The molecule has 7 rings (SSSR count). The van der Waals surface area contributed by atoms with Gasteiger partial charge in [-0.1, -0.05) is 6.07 Å². The van der Waals surface area contributed by atoms with Crippen molar-refractivity contribution >= 4 is 5.91 Å². The molecule has 1 N–H and O–H groups in total. The van der Waals surface area contributed by atoms with Crippen LogP contribution in [0.5, 0.6) is 11.5 Å². The Bertz CT molecular complexity index is 1010. The first-order valence-corrected chi connectivity index (χ1v) is 10.2. The summed E-state index contributed by atoms with van der Waals surface area (Å²) in [6.45, 7) is 3.07. The first kappa shape index (κ1) is 17.0. The van der Waals surface area contributed by atoms with Crippen LogP contribution < -0.4 is 15.0 Å². The molecule has 8 nitrogen and oxygen atoms in total. The summed E-state index contributed by atoms with van der Waals surface area (Å²) in [6, 6.07) is 6.62. The molecule has 4 saturated heterocycles. The standard InChI is InChI=1S/C21H22N4O4/c26-18-9-22-15(8-23-18)21(27)25-10-14(13-1-2-16-17(7-13)29-11-28-16)20-19(25)12-3-5-24(20)6-4-12/h1-2,7-9,12,14,19-20H,3-6,10-11H2,(H,23,26)/t14-,19+,20+/m0/s1. The molecule has 29 heavy (non-hydrogen) atoms. The van der Waals surface area contributed by atoms with Crippen LogP contribution in [0.3, 0.4) is 0 Å². The van der Waals surface area contributed by atoms with Gasteiger partial charge in [0.1, 0.15) is 5.69 Å². The Kier molecular flexibility index (Phi) is 3.71. The normalized spacial score (nSPS) is 31.7. The summed E-state index contributed by atoms with van der Waals surface area (Å²) in [5.74, 6) is 2.18. The number of H-pyrrole nitrogens is 1. The number of fused-ring (bicyclic) bond motifs is 3. The highest BCUT2D eigenvalue weighted by atomic mass is 16.7. The number of nitrogens with zero attached hydrogens (tertiary/aromatic N) is 3. The number of benzene rings is 1. The number of aromatic amines is 1. The van der Waals surface area contributed by atoms with Crippen LogP contribution in [0.15, 0.2) is 35.4 Å². The van der Waals surface area contributed by atoms with Crippen LogP contribution in [0.4, 0.5) is 0 Å². The Morgan fingerprint density at radius 2 is 1.97 bits per heavy atom. The van der Waals surface area contributed by atoms with Crippen LogP contribution in [-0.2, 0) is 0 Å². The monoisotopic (exact) mass is 394 g/mol. The maximum Gasteiger partial charge on any atom is 0.274 e. The second-order valence-electron chi connectivity index (χ2n) is 8.33. The van der Waals surface area contributed by atoms with Gasteiger partial charge in [-0.3, -0.25) is 14.5 Å². The number of ether oxygens (including phenoxy) is 2. The van der Waals surface area contributed by atoms with Gasteiger partial charge in [-0.15, -0.1) is 0 Å². The van der Waals surface area contributed by atoms with Crippen molar-refractivity contribution in [3.8, 4) is 11.5 Å². The topological polar surface area (TPSA) is 87.8 Å². The van der Waals surface area contributed by atoms with Gasteiger partial charge in [0.2, 0.25) is 6.79 Å². The maximum absolute atomic E-state index is 13.3. The highest BCUT2D eigenvalue weighted by molar-refractivity contribution is 5.92. The number of amides is 1. The maximum atomic E-state index is 13.3. The number of hydrogen-bond acceptors (Lipinski definition) is 6. The molecule has 2 bridgehead atoms. The number of piperidine rings is 3. The third-order valence-electron chi connectivity index (χ3n) is 6.97. The smallest absolute Gasteiger partial charge is 0.274 e. The Labute approximate surface area is 167 Å². The van der Waals surface area contributed by atoms with Crippen molar-refractivity contribution in [1.29, 1.82) is 0 Å². The van der Waals surface area contributed by atoms with E-state index in [1.807, 2.05) is 11.0 Å². The number of carbonyl (C=O) groups excluding carboxylic acids is 1. The second-order valence-corrected chi connectivity index (χ2v) is 8.33. The van der Waals surface area contributed by atoms with E-state index in [2.05, 4.69) is 27.0 Å². The summed E-state index contributed by atoms with van der Waals surface area (Å²) < 4.78 is 11.1. The molecule has 150 valence electrons. The average molecular weight is 394 g/mol. The van der Waals surface area contributed by atoms with Gasteiger partial charge < -0.3 is 19.4 Å². The van der Waals surface area contributed by atoms with Crippen molar-refractivity contribution in [2.45, 2.75) is 30.8 Å². The molecule has 8 heteroatoms. The SMILES string of the molecule is O=C(c1c[nH]c(=O)cn1)N1C[C@@H](c2ccc3c(c2)OCO3)[C@@H]2[C@H]1C1CCN2CC1. The number of likely N-dealkylation sites (tertiary alicyclic amines) is 1. The van der Waals surface area contributed by atoms with Crippen LogP contribution in [0, 0.1) is 5.92 Å². The van der Waals surface area contributed by atoms with Crippen LogP contribution in [0.1, 0.15) is 34.8 Å². The first-order chi connectivity index (χ1) is 14.2. The van der Waals surface area contributed by atoms with Gasteiger partial charge in [-0.2, -0.15) is 0 Å². The highest BCUT2D eigenvalue weighted by Gasteiger charge is 2.55. The zero-order valence-electron chi connectivity index (χ0n) is 15.9. The Hall–Kier alpha value is -2.87. The van der Waals surface area contributed by atoms with Crippen molar-refractivity contribution in [3.63, 3.8) is 0 Å². The second kappa shape index (κ2) is 6.32. The predicted octanol–water partition coefficient (Wildman–Crippen LogP) is 1.20. The molecule has 6 heterocycles. The molecule has 5 aliphatic heterocycles. The van der Waals surface area contributed by atoms with E-state index in [9.17, 15) is 9.59 Å². The van der Waals surface area contributed by atoms with E-state index >= 15 is 0 Å². The number of aromatic nitrogens is 2. The summed E-state index contributed by atoms with van der Waals surface area (Å²) in [6.07, 6.45) is 4.84. The highest BCUT2D eigenvalue weighted by Crippen LogP contribution is 2.48. The number of rotatable bonds is 2. The van der Waals surface area contributed by atoms with Crippen molar-refractivity contribution in [2.24, 2.45) is 5.92 Å². The van der Waals surface area contributed by atoms with Crippen molar-refractivity contribution in [2.75, 3.05) is 26.4 Å². The lowest BCUT2D eigenvalue weighted by molar-refractivity contribution is -0.00360. The Balaban J connectivity index is 1.38. The molecular weight excluding hydrogens is 372 g/mol. The molecule has 2 aromatic rings. The van der Waals surface area contributed by atoms with Crippen molar-refractivity contribution in [3.05, 3.63) is 52.2 Å². The van der Waals surface area contributed by atoms with Crippen LogP contribution in [0.2, 0.25) is 0 Å². The fraction of sp³-hybridized carbons (Fsp3) is 0.476. The summed E-state index contributed by atoms with van der Waals surface area (Å²) in [7, 11) is 0. The van der Waals surface area contributed by atoms with Gasteiger partial charge in [-0.05, 0) is 49.5 Å². The number of nitrogens with one attached hydrogen (secondary N) is 1. The minimum Gasteiger partial charge on any atom is -0.454 e. The van der Waals surface area contributed by atoms with Gasteiger partial charge in [0.25, 0.3) is 11.5 Å². The van der Waals surface area contributed by atoms with Gasteiger partial charge in [-0.25, -0.2) is 4.98 Å². The van der Waals surface area contributed by atoms with E-state index in [4.69, 9.17) is 9.47 Å². The molecule has 3 atom stereocenters. The van der Waals surface area contributed by atoms with Crippen molar-refractivity contribution < 1.29 is 14.3 Å². The summed E-state index contributed by atoms with van der Waals surface area (Å²) >= 11 is 0. The largest absolute Gasteiger partial charge is 0.454 e. The van der Waals surface area contributed by atoms with E-state index in [1.165, 1.54) is 18.0 Å². The predicted molar refractivity (Wildman–Crippen MR) is 103 cm³/mol. The van der Waals surface area contributed by atoms with Gasteiger partial charge in [0.05, 0.1) is 12.2 Å². The van der Waals surface area contributed by atoms with E-state index in [1.54, 1.807) is 0 Å². The van der Waals surface area contributed by atoms with Gasteiger partial charge in [0.15, 0.2) is 11.5 Å². The summed E-state index contributed by atoms with van der Waals surface area (Å²) in [5.41, 5.74) is 1.18. The molecule has 0 unspecified atom stereocenters. The Morgan fingerprint density at radius 3 is 2.76 bits per heavy atom. The molecule has 0 saturated carbocycles. The molecule has 1 amide bonds. The van der Waals surface area contributed by atoms with Crippen LogP contribution >= 0.6 is 0 Å². The third-order valence-corrected chi connectivity index (χ3v) is 6.97. The third kappa shape index (κ3) is 2.58. The van der Waals surface area contributed by atoms with Gasteiger partial charge in [0, 0.05) is 24.7 Å². The quantitative estimate of drug-likeness (QED) is 0.824. The molecule has 0 aliphatic carbocycles. The summed E-state index contributed by atoms with van der Waals surface area (Å²) in [5, 5.41) is 0. The zero-order chi connectivity index (χ0) is 19.5. The first-order valence-electron chi connectivity index (χ1n) is 10.2. The molecule has 0 spiro atoms. The molecule has 0 radical (unpaired) electrons. The lowest BCUT2D eigenvalue weighted by Crippen LogP contribution is -2.60. The molecule has 1 aromatic heterocycles. The molecule has 1 aromatic carbocycles. The lowest BCUT2D eigenvalue weighted by Gasteiger charge is -2.51. The average Bonchev–Trinajstić information content (AvgIpc) is 3.40. The number of hydrogen-bond donors (Lipinski definition) is 1.